The van der Waals surface area contributed by atoms with Crippen molar-refractivity contribution < 1.29 is 41.4 Å². The second kappa shape index (κ2) is 7.22. The summed E-state index contributed by atoms with van der Waals surface area (Å²) in [5.41, 5.74) is 3.05. The van der Waals surface area contributed by atoms with E-state index in [-0.39, 0.29) is 24.8 Å². The average molecular weight is 361 g/mol. The molecule has 0 saturated carbocycles. The van der Waals surface area contributed by atoms with E-state index < -0.39 is 16.6 Å². The van der Waals surface area contributed by atoms with Crippen LogP contribution in [0.3, 0.4) is 0 Å². The summed E-state index contributed by atoms with van der Waals surface area (Å²) < 4.78 is 6.94. The summed E-state index contributed by atoms with van der Waals surface area (Å²) in [6.07, 6.45) is 12.8. The predicted octanol–water partition coefficient (Wildman–Crippen LogP) is -0.261. The van der Waals surface area contributed by atoms with Crippen LogP contribution in [0.1, 0.15) is 40.5 Å². The molecule has 2 unspecified atom stereocenters. The van der Waals surface area contributed by atoms with E-state index in [4.69, 9.17) is 0 Å². The van der Waals surface area contributed by atoms with E-state index in [1.165, 1.54) is 24.0 Å². The second-order valence-corrected chi connectivity index (χ2v) is 13.4. The van der Waals surface area contributed by atoms with Gasteiger partial charge in [-0.2, -0.15) is 0 Å². The molecule has 0 radical (unpaired) electrons. The molecule has 3 rings (SSSR count). The van der Waals surface area contributed by atoms with Gasteiger partial charge in [0.05, 0.1) is 0 Å². The Kier molecular flexibility index (Phi) is 6.63. The van der Waals surface area contributed by atoms with Gasteiger partial charge in [-0.25, -0.2) is 0 Å². The summed E-state index contributed by atoms with van der Waals surface area (Å²) in [6, 6.07) is 0. The number of hydrogen-bond acceptors (Lipinski definition) is 0. The van der Waals surface area contributed by atoms with Crippen LogP contribution >= 0.6 is 0 Å². The number of allylic oxidation sites excluding steroid dienone is 8. The van der Waals surface area contributed by atoms with Crippen molar-refractivity contribution in [3.63, 3.8) is 0 Å². The minimum atomic E-state index is -1.80. The molecule has 1 saturated heterocycles. The quantitative estimate of drug-likeness (QED) is 0.606. The van der Waals surface area contributed by atoms with Gasteiger partial charge >= 0.3 is 122 Å². The molecule has 3 aliphatic rings. The molecule has 0 amide bonds. The van der Waals surface area contributed by atoms with E-state index in [9.17, 15) is 0 Å². The molecule has 3 heteroatoms. The zero-order chi connectivity index (χ0) is 13.6. The van der Waals surface area contributed by atoms with Crippen LogP contribution in [0.2, 0.25) is 9.45 Å². The van der Waals surface area contributed by atoms with E-state index >= 15 is 0 Å². The first kappa shape index (κ1) is 19.3. The molecule has 0 aromatic heterocycles. The number of rotatable bonds is 4. The molecule has 0 bridgehead atoms. The van der Waals surface area contributed by atoms with Crippen molar-refractivity contribution in [3.8, 4) is 0 Å². The van der Waals surface area contributed by atoms with Crippen LogP contribution in [0.5, 0.6) is 0 Å². The van der Waals surface area contributed by atoms with Crippen LogP contribution in [-0.4, -0.2) is 0 Å². The van der Waals surface area contributed by atoms with E-state index in [1.807, 2.05) is 7.76 Å². The molecule has 0 N–H and O–H groups in total. The molecule has 0 aromatic carbocycles. The van der Waals surface area contributed by atoms with Crippen molar-refractivity contribution in [2.75, 3.05) is 0 Å². The molecule has 116 valence electrons. The molecular weight excluding hydrogens is 335 g/mol. The van der Waals surface area contributed by atoms with Gasteiger partial charge in [0.15, 0.2) is 0 Å². The molecule has 1 aliphatic heterocycles. The first-order valence-corrected chi connectivity index (χ1v) is 11.7. The minimum Gasteiger partial charge on any atom is -1.00 e. The topological polar surface area (TPSA) is 0 Å². The molecule has 2 aliphatic carbocycles. The third-order valence-corrected chi connectivity index (χ3v) is 12.6. The van der Waals surface area contributed by atoms with Gasteiger partial charge in [0.1, 0.15) is 0 Å². The maximum atomic E-state index is 2.57. The number of hydrogen-bond donors (Lipinski definition) is 0. The maximum absolute atomic E-state index is 2.57. The fourth-order valence-corrected chi connectivity index (χ4v) is 13.2. The van der Waals surface area contributed by atoms with Gasteiger partial charge in [-0.05, 0) is 0 Å². The van der Waals surface area contributed by atoms with E-state index in [0.717, 1.165) is 11.8 Å². The Labute approximate surface area is 146 Å². The normalized spacial score (nSPS) is 27.2. The van der Waals surface area contributed by atoms with Crippen LogP contribution in [0, 0.1) is 11.8 Å². The van der Waals surface area contributed by atoms with Gasteiger partial charge < -0.3 is 24.8 Å². The van der Waals surface area contributed by atoms with Crippen molar-refractivity contribution in [2.24, 2.45) is 11.8 Å². The van der Waals surface area contributed by atoms with Crippen LogP contribution in [0.25, 0.3) is 0 Å². The van der Waals surface area contributed by atoms with Crippen LogP contribution in [0.15, 0.2) is 43.2 Å². The zero-order valence-corrected chi connectivity index (χ0v) is 16.6. The largest absolute Gasteiger partial charge is 1.00 e. The molecular formula is C18H26Cl2Ti. The SMILES string of the molecule is CCC1C=C(C)C=[C]1[Ti+2]1([C]2=CC(C)=CC2CC)[CH2][CH2]1.[Cl-].[Cl-]. The van der Waals surface area contributed by atoms with Crippen molar-refractivity contribution in [3.05, 3.63) is 43.2 Å². The monoisotopic (exact) mass is 360 g/mol. The maximum Gasteiger partial charge on any atom is -1.00 e. The van der Waals surface area contributed by atoms with Crippen molar-refractivity contribution in [2.45, 2.75) is 50.0 Å². The Bertz CT molecular complexity index is 477. The van der Waals surface area contributed by atoms with Gasteiger partial charge in [-0.1, -0.05) is 0 Å². The fraction of sp³-hybridized carbons (Fsp3) is 0.556. The summed E-state index contributed by atoms with van der Waals surface area (Å²) in [4.78, 5) is 0. The Morgan fingerprint density at radius 3 is 1.52 bits per heavy atom. The predicted molar refractivity (Wildman–Crippen MR) is 80.9 cm³/mol. The molecule has 0 aromatic rings. The van der Waals surface area contributed by atoms with Gasteiger partial charge in [-0.15, -0.1) is 0 Å². The molecule has 1 fully saturated rings. The molecule has 21 heavy (non-hydrogen) atoms. The minimum absolute atomic E-state index is 0. The first-order chi connectivity index (χ1) is 9.10. The summed E-state index contributed by atoms with van der Waals surface area (Å²) >= 11 is -1.80. The summed E-state index contributed by atoms with van der Waals surface area (Å²) in [6.45, 7) is 9.29. The molecule has 2 atom stereocenters. The summed E-state index contributed by atoms with van der Waals surface area (Å²) in [5.74, 6) is 1.56. The first-order valence-electron chi connectivity index (χ1n) is 7.91. The third kappa shape index (κ3) is 3.30. The second-order valence-electron chi connectivity index (χ2n) is 6.63. The van der Waals surface area contributed by atoms with Crippen LogP contribution in [0.4, 0.5) is 0 Å². The Hall–Kier alpha value is 0.254. The van der Waals surface area contributed by atoms with Gasteiger partial charge in [-0.3, -0.25) is 0 Å². The summed E-state index contributed by atoms with van der Waals surface area (Å²) in [7, 11) is 0. The Morgan fingerprint density at radius 1 is 0.857 bits per heavy atom. The fourth-order valence-electron chi connectivity index (χ4n) is 4.15. The van der Waals surface area contributed by atoms with Gasteiger partial charge in [0.2, 0.25) is 0 Å². The van der Waals surface area contributed by atoms with Crippen LogP contribution in [-0.2, 0) is 16.6 Å². The standard InChI is InChI=1S/2C8H11.C2H4.2ClH.Ti/c2*1-3-8-5-4-7(2)6-8;1-2;;;/h2*4,6,8H,3H2,1-2H3;1-2H2;2*1H;/q;;;;;+2/p-2. The summed E-state index contributed by atoms with van der Waals surface area (Å²) in [5, 5.41) is 0. The average Bonchev–Trinajstić information content (AvgIpc) is 2.97. The third-order valence-electron chi connectivity index (χ3n) is 5.23. The smallest absolute Gasteiger partial charge is 1.00 e. The molecule has 0 spiro atoms. The van der Waals surface area contributed by atoms with Gasteiger partial charge in [0.25, 0.3) is 0 Å². The van der Waals surface area contributed by atoms with E-state index in [0.29, 0.717) is 0 Å². The zero-order valence-electron chi connectivity index (χ0n) is 13.5. The van der Waals surface area contributed by atoms with Crippen LogP contribution < -0.4 is 24.8 Å². The Morgan fingerprint density at radius 2 is 1.24 bits per heavy atom. The van der Waals surface area contributed by atoms with Crippen molar-refractivity contribution >= 4 is 0 Å². The van der Waals surface area contributed by atoms with Crippen molar-refractivity contribution in [1.29, 1.82) is 0 Å². The van der Waals surface area contributed by atoms with E-state index in [1.54, 1.807) is 9.45 Å². The van der Waals surface area contributed by atoms with E-state index in [2.05, 4.69) is 52.0 Å². The van der Waals surface area contributed by atoms with Crippen molar-refractivity contribution in [1.82, 2.24) is 0 Å². The van der Waals surface area contributed by atoms with Gasteiger partial charge in [0, 0.05) is 0 Å². The number of halogens is 2. The Balaban J connectivity index is 0.00000110. The molecule has 1 heterocycles. The molecule has 0 nitrogen and oxygen atoms in total.